The standard InChI is InChI=1S/C27H17BrN2/c28-24-17-9-8-16-23(24)27-29-25-21-14-6-4-12-19(21)20-13-5-7-15-22(20)26(25)30(27)18-10-2-1-3-11-18/h1-17H. The predicted octanol–water partition coefficient (Wildman–Crippen LogP) is 7.76. The van der Waals surface area contributed by atoms with Crippen LogP contribution in [0.5, 0.6) is 0 Å². The van der Waals surface area contributed by atoms with E-state index in [9.17, 15) is 0 Å². The summed E-state index contributed by atoms with van der Waals surface area (Å²) < 4.78 is 3.33. The molecule has 0 unspecified atom stereocenters. The number of para-hydroxylation sites is 1. The van der Waals surface area contributed by atoms with Crippen molar-refractivity contribution in [2.75, 3.05) is 0 Å². The molecule has 0 saturated carbocycles. The van der Waals surface area contributed by atoms with E-state index in [1.807, 2.05) is 12.1 Å². The average Bonchev–Trinajstić information content (AvgIpc) is 3.21. The Balaban J connectivity index is 1.90. The van der Waals surface area contributed by atoms with Crippen LogP contribution in [0.1, 0.15) is 0 Å². The van der Waals surface area contributed by atoms with E-state index in [1.165, 1.54) is 21.5 Å². The zero-order chi connectivity index (χ0) is 20.1. The highest BCUT2D eigenvalue weighted by Crippen LogP contribution is 2.40. The van der Waals surface area contributed by atoms with E-state index < -0.39 is 0 Å². The van der Waals surface area contributed by atoms with Crippen LogP contribution in [0.15, 0.2) is 108 Å². The molecule has 1 heterocycles. The Hall–Kier alpha value is -3.43. The van der Waals surface area contributed by atoms with Crippen LogP contribution in [-0.4, -0.2) is 9.55 Å². The summed E-state index contributed by atoms with van der Waals surface area (Å²) in [5.41, 5.74) is 4.34. The second kappa shape index (κ2) is 6.82. The summed E-state index contributed by atoms with van der Waals surface area (Å²) in [6.45, 7) is 0. The molecule has 3 heteroatoms. The molecule has 0 bridgehead atoms. The normalized spacial score (nSPS) is 11.5. The Morgan fingerprint density at radius 3 is 1.87 bits per heavy atom. The van der Waals surface area contributed by atoms with E-state index in [0.717, 1.165) is 32.6 Å². The first-order valence-corrected chi connectivity index (χ1v) is 10.7. The minimum atomic E-state index is 0.935. The third-order valence-corrected chi connectivity index (χ3v) is 6.35. The average molecular weight is 449 g/mol. The molecule has 142 valence electrons. The topological polar surface area (TPSA) is 17.8 Å². The van der Waals surface area contributed by atoms with Crippen molar-refractivity contribution in [1.82, 2.24) is 9.55 Å². The minimum absolute atomic E-state index is 0.935. The number of fused-ring (bicyclic) bond motifs is 6. The molecule has 0 aliphatic heterocycles. The number of imidazole rings is 1. The van der Waals surface area contributed by atoms with Crippen LogP contribution >= 0.6 is 15.9 Å². The molecular formula is C27H17BrN2. The zero-order valence-electron chi connectivity index (χ0n) is 16.1. The SMILES string of the molecule is Brc1ccccc1-c1nc2c3ccccc3c3ccccc3c2n1-c1ccccc1. The molecule has 1 aromatic heterocycles. The Morgan fingerprint density at radius 2 is 1.13 bits per heavy atom. The lowest BCUT2D eigenvalue weighted by molar-refractivity contribution is 1.10. The van der Waals surface area contributed by atoms with Gasteiger partial charge in [-0.2, -0.15) is 0 Å². The molecule has 0 aliphatic rings. The van der Waals surface area contributed by atoms with E-state index in [1.54, 1.807) is 0 Å². The third kappa shape index (κ3) is 2.52. The molecule has 0 aliphatic carbocycles. The van der Waals surface area contributed by atoms with E-state index in [2.05, 4.69) is 111 Å². The van der Waals surface area contributed by atoms with Crippen molar-refractivity contribution in [1.29, 1.82) is 0 Å². The van der Waals surface area contributed by atoms with Crippen molar-refractivity contribution >= 4 is 48.5 Å². The monoisotopic (exact) mass is 448 g/mol. The van der Waals surface area contributed by atoms with Gasteiger partial charge in [0.1, 0.15) is 5.82 Å². The maximum Gasteiger partial charge on any atom is 0.146 e. The van der Waals surface area contributed by atoms with Gasteiger partial charge in [-0.1, -0.05) is 101 Å². The molecular weight excluding hydrogens is 432 g/mol. The molecule has 0 radical (unpaired) electrons. The summed E-state index contributed by atoms with van der Waals surface area (Å²) in [5, 5.41) is 4.86. The van der Waals surface area contributed by atoms with Crippen LogP contribution in [-0.2, 0) is 0 Å². The molecule has 30 heavy (non-hydrogen) atoms. The molecule has 6 aromatic rings. The Labute approximate surface area is 182 Å². The highest BCUT2D eigenvalue weighted by molar-refractivity contribution is 9.10. The zero-order valence-corrected chi connectivity index (χ0v) is 17.7. The smallest absolute Gasteiger partial charge is 0.146 e. The van der Waals surface area contributed by atoms with E-state index >= 15 is 0 Å². The van der Waals surface area contributed by atoms with Gasteiger partial charge in [-0.05, 0) is 29.0 Å². The molecule has 0 amide bonds. The maximum absolute atomic E-state index is 5.23. The molecule has 6 rings (SSSR count). The molecule has 2 nitrogen and oxygen atoms in total. The van der Waals surface area contributed by atoms with E-state index in [0.29, 0.717) is 0 Å². The Bertz CT molecular complexity index is 1550. The van der Waals surface area contributed by atoms with Crippen LogP contribution in [0.2, 0.25) is 0 Å². The van der Waals surface area contributed by atoms with Gasteiger partial charge in [0.2, 0.25) is 0 Å². The summed E-state index contributed by atoms with van der Waals surface area (Å²) in [5.74, 6) is 0.935. The molecule has 0 saturated heterocycles. The van der Waals surface area contributed by atoms with Gasteiger partial charge in [-0.3, -0.25) is 4.57 Å². The third-order valence-electron chi connectivity index (χ3n) is 5.66. The van der Waals surface area contributed by atoms with Gasteiger partial charge in [-0.15, -0.1) is 0 Å². The second-order valence-corrected chi connectivity index (χ2v) is 8.23. The number of hydrogen-bond acceptors (Lipinski definition) is 1. The Morgan fingerprint density at radius 1 is 0.567 bits per heavy atom. The van der Waals surface area contributed by atoms with Crippen molar-refractivity contribution in [3.8, 4) is 17.1 Å². The second-order valence-electron chi connectivity index (χ2n) is 7.37. The fraction of sp³-hybridized carbons (Fsp3) is 0. The van der Waals surface area contributed by atoms with Crippen LogP contribution < -0.4 is 0 Å². The van der Waals surface area contributed by atoms with E-state index in [-0.39, 0.29) is 0 Å². The van der Waals surface area contributed by atoms with Crippen molar-refractivity contribution in [2.45, 2.75) is 0 Å². The lowest BCUT2D eigenvalue weighted by Crippen LogP contribution is -1.98. The van der Waals surface area contributed by atoms with Crippen LogP contribution in [0.25, 0.3) is 49.7 Å². The lowest BCUT2D eigenvalue weighted by Gasteiger charge is -2.13. The van der Waals surface area contributed by atoms with Crippen LogP contribution in [0, 0.1) is 0 Å². The van der Waals surface area contributed by atoms with Crippen LogP contribution in [0.4, 0.5) is 0 Å². The van der Waals surface area contributed by atoms with Crippen molar-refractivity contribution in [3.63, 3.8) is 0 Å². The fourth-order valence-corrected chi connectivity index (χ4v) is 4.82. The number of halogens is 1. The lowest BCUT2D eigenvalue weighted by atomic mass is 10.00. The quantitative estimate of drug-likeness (QED) is 0.247. The molecule has 0 spiro atoms. The fourth-order valence-electron chi connectivity index (χ4n) is 4.36. The first-order chi connectivity index (χ1) is 14.8. The maximum atomic E-state index is 5.23. The molecule has 0 N–H and O–H groups in total. The van der Waals surface area contributed by atoms with E-state index in [4.69, 9.17) is 4.98 Å². The summed E-state index contributed by atoms with van der Waals surface area (Å²) >= 11 is 3.74. The molecule has 5 aromatic carbocycles. The van der Waals surface area contributed by atoms with Gasteiger partial charge >= 0.3 is 0 Å². The number of hydrogen-bond donors (Lipinski definition) is 0. The summed E-state index contributed by atoms with van der Waals surface area (Å²) in [6, 6.07) is 36.0. The molecule has 0 fully saturated rings. The predicted molar refractivity (Wildman–Crippen MR) is 129 cm³/mol. The molecule has 0 atom stereocenters. The number of aromatic nitrogens is 2. The van der Waals surface area contributed by atoms with Gasteiger partial charge < -0.3 is 0 Å². The summed E-state index contributed by atoms with van der Waals surface area (Å²) in [4.78, 5) is 5.23. The van der Waals surface area contributed by atoms with Gasteiger partial charge in [0.15, 0.2) is 0 Å². The van der Waals surface area contributed by atoms with Crippen molar-refractivity contribution in [3.05, 3.63) is 108 Å². The largest absolute Gasteiger partial charge is 0.292 e. The first-order valence-electron chi connectivity index (χ1n) is 9.95. The number of benzene rings is 5. The van der Waals surface area contributed by atoms with Crippen molar-refractivity contribution in [2.24, 2.45) is 0 Å². The summed E-state index contributed by atoms with van der Waals surface area (Å²) in [6.07, 6.45) is 0. The van der Waals surface area contributed by atoms with Crippen molar-refractivity contribution < 1.29 is 0 Å². The highest BCUT2D eigenvalue weighted by atomic mass is 79.9. The number of rotatable bonds is 2. The van der Waals surface area contributed by atoms with Gasteiger partial charge in [-0.25, -0.2) is 4.98 Å². The Kier molecular flexibility index (Phi) is 3.96. The first kappa shape index (κ1) is 17.4. The van der Waals surface area contributed by atoms with Gasteiger partial charge in [0, 0.05) is 26.5 Å². The highest BCUT2D eigenvalue weighted by Gasteiger charge is 2.20. The summed E-state index contributed by atoms with van der Waals surface area (Å²) in [7, 11) is 0. The van der Waals surface area contributed by atoms with Gasteiger partial charge in [0.05, 0.1) is 11.0 Å². The van der Waals surface area contributed by atoms with Crippen LogP contribution in [0.3, 0.4) is 0 Å². The minimum Gasteiger partial charge on any atom is -0.292 e. The number of nitrogens with zero attached hydrogens (tertiary/aromatic N) is 2. The van der Waals surface area contributed by atoms with Gasteiger partial charge in [0.25, 0.3) is 0 Å².